The highest BCUT2D eigenvalue weighted by Gasteiger charge is 2.31. The lowest BCUT2D eigenvalue weighted by Gasteiger charge is -2.35. The van der Waals surface area contributed by atoms with Gasteiger partial charge in [-0.15, -0.1) is 10.2 Å². The molecule has 110 valence electrons. The minimum atomic E-state index is -0.193. The second-order valence-electron chi connectivity index (χ2n) is 5.51. The molecule has 0 bridgehead atoms. The zero-order chi connectivity index (χ0) is 13.9. The molecule has 0 aliphatic carbocycles. The van der Waals surface area contributed by atoms with E-state index in [1.54, 1.807) is 6.33 Å². The Morgan fingerprint density at radius 1 is 1.55 bits per heavy atom. The van der Waals surface area contributed by atoms with Crippen molar-refractivity contribution < 1.29 is 9.53 Å². The van der Waals surface area contributed by atoms with Crippen molar-refractivity contribution in [1.29, 1.82) is 0 Å². The number of carbonyl (C=O) groups excluding carboxylic acids is 1. The van der Waals surface area contributed by atoms with Gasteiger partial charge in [-0.05, 0) is 12.8 Å². The summed E-state index contributed by atoms with van der Waals surface area (Å²) in [4.78, 5) is 14.4. The number of hydrogen-bond acceptors (Lipinski definition) is 5. The minimum Gasteiger partial charge on any atom is -0.378 e. The summed E-state index contributed by atoms with van der Waals surface area (Å²) in [6.07, 6.45) is 3.79. The molecule has 2 saturated heterocycles. The molecular formula is C13H21N5O2. The number of ether oxygens (including phenoxy) is 1. The van der Waals surface area contributed by atoms with Gasteiger partial charge in [-0.1, -0.05) is 0 Å². The average molecular weight is 279 g/mol. The van der Waals surface area contributed by atoms with Gasteiger partial charge in [0.1, 0.15) is 18.2 Å². The molecule has 2 atom stereocenters. The maximum Gasteiger partial charge on any atom is 0.242 e. The molecule has 3 rings (SSSR count). The van der Waals surface area contributed by atoms with Gasteiger partial charge in [0.25, 0.3) is 0 Å². The normalized spacial score (nSPS) is 27.6. The topological polar surface area (TPSA) is 72.3 Å². The Morgan fingerprint density at radius 3 is 3.15 bits per heavy atom. The number of nitrogens with one attached hydrogen (secondary N) is 1. The second kappa shape index (κ2) is 5.88. The van der Waals surface area contributed by atoms with Crippen molar-refractivity contribution in [2.24, 2.45) is 7.05 Å². The fraction of sp³-hybridized carbons (Fsp3) is 0.769. The number of aryl methyl sites for hydroxylation is 1. The highest BCUT2D eigenvalue weighted by molar-refractivity contribution is 5.82. The number of morpholine rings is 1. The summed E-state index contributed by atoms with van der Waals surface area (Å²) in [5.74, 6) is 1.40. The van der Waals surface area contributed by atoms with Crippen LogP contribution in [0.5, 0.6) is 0 Å². The summed E-state index contributed by atoms with van der Waals surface area (Å²) < 4.78 is 7.32. The van der Waals surface area contributed by atoms with E-state index in [1.165, 1.54) is 0 Å². The third kappa shape index (κ3) is 2.69. The van der Waals surface area contributed by atoms with Gasteiger partial charge in [-0.2, -0.15) is 0 Å². The first kappa shape index (κ1) is 13.5. The van der Waals surface area contributed by atoms with Gasteiger partial charge in [0.15, 0.2) is 0 Å². The van der Waals surface area contributed by atoms with E-state index >= 15 is 0 Å². The number of likely N-dealkylation sites (tertiary alicyclic amines) is 1. The number of aromatic nitrogens is 3. The molecule has 0 aromatic carbocycles. The van der Waals surface area contributed by atoms with Gasteiger partial charge >= 0.3 is 0 Å². The fourth-order valence-corrected chi connectivity index (χ4v) is 2.99. The van der Waals surface area contributed by atoms with E-state index in [0.717, 1.165) is 38.3 Å². The van der Waals surface area contributed by atoms with Gasteiger partial charge in [-0.3, -0.25) is 4.79 Å². The molecule has 2 aliphatic heterocycles. The SMILES string of the molecule is Cn1cnnc1C1CCCN(C(=O)C2COCCN2)C1. The van der Waals surface area contributed by atoms with Crippen LogP contribution in [-0.4, -0.2) is 64.5 Å². The zero-order valence-corrected chi connectivity index (χ0v) is 11.8. The van der Waals surface area contributed by atoms with Gasteiger partial charge < -0.3 is 19.5 Å². The second-order valence-corrected chi connectivity index (χ2v) is 5.51. The van der Waals surface area contributed by atoms with Crippen LogP contribution in [0.1, 0.15) is 24.6 Å². The van der Waals surface area contributed by atoms with Crippen LogP contribution in [0.2, 0.25) is 0 Å². The van der Waals surface area contributed by atoms with Gasteiger partial charge in [-0.25, -0.2) is 0 Å². The van der Waals surface area contributed by atoms with Crippen LogP contribution < -0.4 is 5.32 Å². The molecule has 2 fully saturated rings. The summed E-state index contributed by atoms with van der Waals surface area (Å²) in [6, 6.07) is -0.193. The molecule has 3 heterocycles. The van der Waals surface area contributed by atoms with Crippen molar-refractivity contribution in [3.8, 4) is 0 Å². The van der Waals surface area contributed by atoms with E-state index in [0.29, 0.717) is 13.2 Å². The Hall–Kier alpha value is -1.47. The fourth-order valence-electron chi connectivity index (χ4n) is 2.99. The van der Waals surface area contributed by atoms with E-state index in [9.17, 15) is 4.79 Å². The first-order chi connectivity index (χ1) is 9.75. The lowest BCUT2D eigenvalue weighted by Crippen LogP contribution is -2.54. The van der Waals surface area contributed by atoms with E-state index in [-0.39, 0.29) is 17.9 Å². The van der Waals surface area contributed by atoms with Crippen LogP contribution in [0.25, 0.3) is 0 Å². The van der Waals surface area contributed by atoms with Crippen molar-refractivity contribution in [1.82, 2.24) is 25.0 Å². The van der Waals surface area contributed by atoms with Crippen molar-refractivity contribution in [2.75, 3.05) is 32.8 Å². The molecule has 0 spiro atoms. The van der Waals surface area contributed by atoms with Crippen LogP contribution in [-0.2, 0) is 16.6 Å². The van der Waals surface area contributed by atoms with Crippen LogP contribution in [0.15, 0.2) is 6.33 Å². The maximum absolute atomic E-state index is 12.5. The van der Waals surface area contributed by atoms with Crippen LogP contribution in [0, 0.1) is 0 Å². The molecule has 1 aromatic heterocycles. The summed E-state index contributed by atoms with van der Waals surface area (Å²) in [7, 11) is 1.95. The summed E-state index contributed by atoms with van der Waals surface area (Å²) in [5, 5.41) is 11.3. The zero-order valence-electron chi connectivity index (χ0n) is 11.8. The quantitative estimate of drug-likeness (QED) is 0.791. The molecule has 0 saturated carbocycles. The Balaban J connectivity index is 1.65. The van der Waals surface area contributed by atoms with Crippen molar-refractivity contribution >= 4 is 5.91 Å². The van der Waals surface area contributed by atoms with Crippen LogP contribution in [0.3, 0.4) is 0 Å². The molecule has 1 N–H and O–H groups in total. The first-order valence-corrected chi connectivity index (χ1v) is 7.19. The van der Waals surface area contributed by atoms with E-state index < -0.39 is 0 Å². The third-order valence-electron chi connectivity index (χ3n) is 4.06. The molecule has 20 heavy (non-hydrogen) atoms. The highest BCUT2D eigenvalue weighted by atomic mass is 16.5. The number of carbonyl (C=O) groups is 1. The number of nitrogens with zero attached hydrogens (tertiary/aromatic N) is 4. The number of amides is 1. The Kier molecular flexibility index (Phi) is 3.98. The maximum atomic E-state index is 12.5. The van der Waals surface area contributed by atoms with Crippen LogP contribution >= 0.6 is 0 Å². The standard InChI is InChI=1S/C13H21N5O2/c1-17-9-15-16-12(17)10-3-2-5-18(7-10)13(19)11-8-20-6-4-14-11/h9-11,14H,2-8H2,1H3. The molecule has 0 radical (unpaired) electrons. The van der Waals surface area contributed by atoms with Crippen molar-refractivity contribution in [2.45, 2.75) is 24.8 Å². The minimum absolute atomic E-state index is 0.150. The number of hydrogen-bond donors (Lipinski definition) is 1. The summed E-state index contributed by atoms with van der Waals surface area (Å²) >= 11 is 0. The van der Waals surface area contributed by atoms with E-state index in [1.807, 2.05) is 16.5 Å². The highest BCUT2D eigenvalue weighted by Crippen LogP contribution is 2.25. The first-order valence-electron chi connectivity index (χ1n) is 7.19. The van der Waals surface area contributed by atoms with Crippen LogP contribution in [0.4, 0.5) is 0 Å². The Labute approximate surface area is 118 Å². The predicted molar refractivity (Wildman–Crippen MR) is 72.2 cm³/mol. The Bertz CT molecular complexity index is 469. The molecule has 2 unspecified atom stereocenters. The smallest absolute Gasteiger partial charge is 0.242 e. The largest absolute Gasteiger partial charge is 0.378 e. The lowest BCUT2D eigenvalue weighted by atomic mass is 9.96. The molecule has 1 amide bonds. The van der Waals surface area contributed by atoms with E-state index in [2.05, 4.69) is 15.5 Å². The number of piperidine rings is 1. The monoisotopic (exact) mass is 279 g/mol. The summed E-state index contributed by atoms with van der Waals surface area (Å²) in [6.45, 7) is 3.46. The molecule has 1 aromatic rings. The number of rotatable bonds is 2. The molecule has 7 heteroatoms. The predicted octanol–water partition coefficient (Wildman–Crippen LogP) is -0.490. The van der Waals surface area contributed by atoms with Crippen molar-refractivity contribution in [3.63, 3.8) is 0 Å². The average Bonchev–Trinajstić information content (AvgIpc) is 2.94. The Morgan fingerprint density at radius 2 is 2.45 bits per heavy atom. The third-order valence-corrected chi connectivity index (χ3v) is 4.06. The summed E-state index contributed by atoms with van der Waals surface area (Å²) in [5.41, 5.74) is 0. The van der Waals surface area contributed by atoms with Crippen molar-refractivity contribution in [3.05, 3.63) is 12.2 Å². The molecular weight excluding hydrogens is 258 g/mol. The molecule has 2 aliphatic rings. The van der Waals surface area contributed by atoms with Gasteiger partial charge in [0.05, 0.1) is 13.2 Å². The van der Waals surface area contributed by atoms with Gasteiger partial charge in [0.2, 0.25) is 5.91 Å². The lowest BCUT2D eigenvalue weighted by molar-refractivity contribution is -0.137. The van der Waals surface area contributed by atoms with Gasteiger partial charge in [0, 0.05) is 32.6 Å². The van der Waals surface area contributed by atoms with E-state index in [4.69, 9.17) is 4.74 Å². The molecule has 7 nitrogen and oxygen atoms in total.